The second kappa shape index (κ2) is 5.12. The highest BCUT2D eigenvalue weighted by Crippen LogP contribution is 2.24. The van der Waals surface area contributed by atoms with E-state index in [4.69, 9.17) is 5.73 Å². The summed E-state index contributed by atoms with van der Waals surface area (Å²) >= 11 is 3.42. The Balaban J connectivity index is 0.000000531. The maximum atomic E-state index is 5.70. The first-order valence-corrected chi connectivity index (χ1v) is 5.78. The molecular weight excluding hydrogens is 252 g/mol. The molecule has 0 aliphatic carbocycles. The van der Waals surface area contributed by atoms with Gasteiger partial charge in [-0.25, -0.2) is 4.98 Å². The third-order valence-electron chi connectivity index (χ3n) is 2.14. The lowest BCUT2D eigenvalue weighted by Crippen LogP contribution is -1.93. The summed E-state index contributed by atoms with van der Waals surface area (Å²) in [6.45, 7) is 5.98. The van der Waals surface area contributed by atoms with Crippen molar-refractivity contribution >= 4 is 32.5 Å². The van der Waals surface area contributed by atoms with Gasteiger partial charge in [-0.05, 0) is 30.0 Å². The molecule has 15 heavy (non-hydrogen) atoms. The minimum absolute atomic E-state index is 0.606. The van der Waals surface area contributed by atoms with Gasteiger partial charge in [-0.2, -0.15) is 0 Å². The minimum Gasteiger partial charge on any atom is -0.383 e. The largest absolute Gasteiger partial charge is 0.383 e. The molecule has 0 radical (unpaired) electrons. The van der Waals surface area contributed by atoms with Crippen molar-refractivity contribution in [2.75, 3.05) is 5.73 Å². The molecule has 0 atom stereocenters. The summed E-state index contributed by atoms with van der Waals surface area (Å²) in [7, 11) is 0. The van der Waals surface area contributed by atoms with Gasteiger partial charge in [-0.1, -0.05) is 35.8 Å². The van der Waals surface area contributed by atoms with Crippen molar-refractivity contribution in [3.63, 3.8) is 0 Å². The van der Waals surface area contributed by atoms with E-state index in [1.807, 2.05) is 39.0 Å². The minimum atomic E-state index is 0.606. The van der Waals surface area contributed by atoms with Crippen molar-refractivity contribution < 1.29 is 0 Å². The number of aromatic nitrogens is 1. The lowest BCUT2D eigenvalue weighted by Gasteiger charge is -2.04. The highest BCUT2D eigenvalue weighted by atomic mass is 79.9. The second-order valence-electron chi connectivity index (χ2n) is 3.00. The van der Waals surface area contributed by atoms with Crippen LogP contribution in [0.3, 0.4) is 0 Å². The number of nitrogens with zero attached hydrogens (tertiary/aromatic N) is 1. The van der Waals surface area contributed by atoms with Crippen molar-refractivity contribution in [3.8, 4) is 0 Å². The first kappa shape index (κ1) is 12.0. The topological polar surface area (TPSA) is 38.9 Å². The Morgan fingerprint density at radius 2 is 1.93 bits per heavy atom. The fourth-order valence-electron chi connectivity index (χ4n) is 1.36. The van der Waals surface area contributed by atoms with Crippen LogP contribution >= 0.6 is 15.9 Å². The monoisotopic (exact) mass is 266 g/mol. The third-order valence-corrected chi connectivity index (χ3v) is 2.64. The van der Waals surface area contributed by atoms with Crippen LogP contribution in [-0.2, 0) is 0 Å². The number of halogens is 1. The molecule has 0 bridgehead atoms. The Bertz CT molecular complexity index is 466. The molecule has 1 heterocycles. The molecule has 2 aromatic rings. The van der Waals surface area contributed by atoms with Crippen LogP contribution in [-0.4, -0.2) is 4.98 Å². The molecule has 0 aliphatic rings. The molecule has 0 saturated heterocycles. The summed E-state index contributed by atoms with van der Waals surface area (Å²) < 4.78 is 1.06. The summed E-state index contributed by atoms with van der Waals surface area (Å²) in [6.07, 6.45) is 1.79. The van der Waals surface area contributed by atoms with Crippen molar-refractivity contribution in [1.29, 1.82) is 0 Å². The van der Waals surface area contributed by atoms with Gasteiger partial charge in [0, 0.05) is 16.1 Å². The Hall–Kier alpha value is -1.09. The first-order valence-electron chi connectivity index (χ1n) is 4.99. The Morgan fingerprint density at radius 1 is 1.27 bits per heavy atom. The van der Waals surface area contributed by atoms with Crippen LogP contribution in [0.15, 0.2) is 28.9 Å². The van der Waals surface area contributed by atoms with Crippen LogP contribution in [0, 0.1) is 6.92 Å². The molecule has 0 aliphatic heterocycles. The zero-order chi connectivity index (χ0) is 11.4. The van der Waals surface area contributed by atoms with E-state index < -0.39 is 0 Å². The van der Waals surface area contributed by atoms with E-state index in [-0.39, 0.29) is 0 Å². The van der Waals surface area contributed by atoms with Gasteiger partial charge in [0.05, 0.1) is 0 Å². The number of benzene rings is 1. The number of nitrogen functional groups attached to an aromatic ring is 1. The molecule has 0 fully saturated rings. The zero-order valence-corrected chi connectivity index (χ0v) is 10.8. The van der Waals surface area contributed by atoms with Gasteiger partial charge < -0.3 is 5.73 Å². The van der Waals surface area contributed by atoms with E-state index in [0.29, 0.717) is 5.82 Å². The van der Waals surface area contributed by atoms with Crippen LogP contribution in [0.1, 0.15) is 19.4 Å². The Kier molecular flexibility index (Phi) is 4.09. The standard InChI is InChI=1S/C10H9BrN2.C2H6/c1-6-9-3-2-8(11)4-7(9)5-13-10(6)12;1-2/h2-5H,1H3,(H2,12,13);1-2H3. The predicted molar refractivity (Wildman–Crippen MR) is 69.9 cm³/mol. The Morgan fingerprint density at radius 3 is 2.60 bits per heavy atom. The number of nitrogens with two attached hydrogens (primary N) is 1. The number of hydrogen-bond acceptors (Lipinski definition) is 2. The Labute approximate surface area is 98.6 Å². The van der Waals surface area contributed by atoms with E-state index in [1.165, 1.54) is 0 Å². The van der Waals surface area contributed by atoms with E-state index in [1.54, 1.807) is 6.20 Å². The molecule has 0 amide bonds. The van der Waals surface area contributed by atoms with Crippen LogP contribution in [0.2, 0.25) is 0 Å². The normalized spacial score (nSPS) is 9.60. The lowest BCUT2D eigenvalue weighted by atomic mass is 10.1. The average molecular weight is 267 g/mol. The van der Waals surface area contributed by atoms with Crippen molar-refractivity contribution in [2.24, 2.45) is 0 Å². The zero-order valence-electron chi connectivity index (χ0n) is 9.21. The van der Waals surface area contributed by atoms with Crippen molar-refractivity contribution in [2.45, 2.75) is 20.8 Å². The summed E-state index contributed by atoms with van der Waals surface area (Å²) in [4.78, 5) is 4.10. The number of pyridine rings is 1. The van der Waals surface area contributed by atoms with Crippen LogP contribution in [0.4, 0.5) is 5.82 Å². The first-order chi connectivity index (χ1) is 7.18. The molecule has 0 saturated carbocycles. The predicted octanol–water partition coefficient (Wildman–Crippen LogP) is 3.91. The SMILES string of the molecule is CC.Cc1c(N)ncc2cc(Br)ccc12. The molecule has 3 heteroatoms. The van der Waals surface area contributed by atoms with Gasteiger partial charge in [0.1, 0.15) is 5.82 Å². The molecule has 0 unspecified atom stereocenters. The van der Waals surface area contributed by atoms with E-state index in [9.17, 15) is 0 Å². The molecule has 1 aromatic carbocycles. The van der Waals surface area contributed by atoms with Crippen molar-refractivity contribution in [3.05, 3.63) is 34.4 Å². The number of hydrogen-bond donors (Lipinski definition) is 1. The summed E-state index contributed by atoms with van der Waals surface area (Å²) in [5.41, 5.74) is 6.75. The van der Waals surface area contributed by atoms with Crippen LogP contribution in [0.5, 0.6) is 0 Å². The summed E-state index contributed by atoms with van der Waals surface area (Å²) in [5, 5.41) is 2.27. The maximum absolute atomic E-state index is 5.70. The number of fused-ring (bicyclic) bond motifs is 1. The molecule has 2 nitrogen and oxygen atoms in total. The summed E-state index contributed by atoms with van der Waals surface area (Å²) in [5.74, 6) is 0.606. The smallest absolute Gasteiger partial charge is 0.126 e. The van der Waals surface area contributed by atoms with Gasteiger partial charge in [0.15, 0.2) is 0 Å². The number of anilines is 1. The van der Waals surface area contributed by atoms with E-state index in [0.717, 1.165) is 20.8 Å². The molecule has 2 rings (SSSR count). The summed E-state index contributed by atoms with van der Waals surface area (Å²) in [6, 6.07) is 6.09. The van der Waals surface area contributed by atoms with Crippen LogP contribution in [0.25, 0.3) is 10.8 Å². The van der Waals surface area contributed by atoms with Gasteiger partial charge in [0.25, 0.3) is 0 Å². The molecule has 0 spiro atoms. The van der Waals surface area contributed by atoms with E-state index in [2.05, 4.69) is 20.9 Å². The molecule has 80 valence electrons. The van der Waals surface area contributed by atoms with Gasteiger partial charge in [0.2, 0.25) is 0 Å². The second-order valence-corrected chi connectivity index (χ2v) is 3.92. The third kappa shape index (κ3) is 2.48. The molecule has 1 aromatic heterocycles. The molecular formula is C12H15BrN2. The van der Waals surface area contributed by atoms with E-state index >= 15 is 0 Å². The number of rotatable bonds is 0. The highest BCUT2D eigenvalue weighted by molar-refractivity contribution is 9.10. The quantitative estimate of drug-likeness (QED) is 0.785. The van der Waals surface area contributed by atoms with Gasteiger partial charge in [-0.15, -0.1) is 0 Å². The van der Waals surface area contributed by atoms with Gasteiger partial charge >= 0.3 is 0 Å². The van der Waals surface area contributed by atoms with Crippen molar-refractivity contribution in [1.82, 2.24) is 4.98 Å². The van der Waals surface area contributed by atoms with Gasteiger partial charge in [-0.3, -0.25) is 0 Å². The highest BCUT2D eigenvalue weighted by Gasteiger charge is 2.01. The lowest BCUT2D eigenvalue weighted by molar-refractivity contribution is 1.32. The fourth-order valence-corrected chi connectivity index (χ4v) is 1.73. The molecule has 2 N–H and O–H groups in total. The average Bonchev–Trinajstić information content (AvgIpc) is 2.26. The fraction of sp³-hybridized carbons (Fsp3) is 0.250. The maximum Gasteiger partial charge on any atom is 0.126 e. The van der Waals surface area contributed by atoms with Crippen LogP contribution < -0.4 is 5.73 Å². The number of aryl methyl sites for hydroxylation is 1.